The number of carbonyl (C=O) groups excluding carboxylic acids is 5. The molecule has 4 aliphatic rings. The van der Waals surface area contributed by atoms with Gasteiger partial charge in [-0.2, -0.15) is 0 Å². The van der Waals surface area contributed by atoms with Gasteiger partial charge in [0.05, 0.1) is 31.0 Å². The van der Waals surface area contributed by atoms with E-state index in [9.17, 15) is 29.1 Å². The fourth-order valence-electron chi connectivity index (χ4n) is 11.5. The van der Waals surface area contributed by atoms with Crippen molar-refractivity contribution in [2.24, 2.45) is 23.7 Å². The predicted molar refractivity (Wildman–Crippen MR) is 309 cm³/mol. The lowest BCUT2D eigenvalue weighted by Gasteiger charge is -2.34. The molecule has 1 aromatic heterocycles. The van der Waals surface area contributed by atoms with Crippen molar-refractivity contribution >= 4 is 36.0 Å². The molecule has 5 rings (SSSR count). The molecule has 2 N–H and O–H groups in total. The zero-order valence-corrected chi connectivity index (χ0v) is 49.6. The van der Waals surface area contributed by atoms with Crippen LogP contribution in [0.3, 0.4) is 0 Å². The summed E-state index contributed by atoms with van der Waals surface area (Å²) in [6.45, 7) is 19.9. The van der Waals surface area contributed by atoms with Crippen molar-refractivity contribution in [3.05, 3.63) is 65.6 Å². The number of methoxy groups -OCH3 is 2. The van der Waals surface area contributed by atoms with Gasteiger partial charge in [-0.15, -0.1) is 0 Å². The Morgan fingerprint density at radius 2 is 1.59 bits per heavy atom. The third-order valence-corrected chi connectivity index (χ3v) is 16.6. The molecule has 18 nitrogen and oxygen atoms in total. The summed E-state index contributed by atoms with van der Waals surface area (Å²) in [5.74, 6) is 0.0347. The quantitative estimate of drug-likeness (QED) is 0.0222. The van der Waals surface area contributed by atoms with Crippen molar-refractivity contribution in [2.45, 2.75) is 194 Å². The van der Waals surface area contributed by atoms with Crippen LogP contribution in [0.25, 0.3) is 0 Å². The molecule has 9 atom stereocenters. The Kier molecular flexibility index (Phi) is 29.6. The lowest BCUT2D eigenvalue weighted by molar-refractivity contribution is -0.157. The summed E-state index contributed by atoms with van der Waals surface area (Å²) < 4.78 is 34.8. The van der Waals surface area contributed by atoms with Gasteiger partial charge in [-0.05, 0) is 127 Å². The lowest BCUT2D eigenvalue weighted by atomic mass is 9.83. The zero-order chi connectivity index (χ0) is 57.8. The minimum Gasteiger partial charge on any atom is -0.464 e. The second kappa shape index (κ2) is 35.9. The molecule has 0 spiro atoms. The summed E-state index contributed by atoms with van der Waals surface area (Å²) >= 11 is 0. The highest BCUT2D eigenvalue weighted by Gasteiger charge is 2.36. The first kappa shape index (κ1) is 66.0. The number of aliphatic hydroxyl groups excluding tert-OH is 1. The maximum absolute atomic E-state index is 13.3. The standard InChI is InChI=1S/C62H98N6O12/c1-9-77-34-33-66-29-31-68(32-30-66)61-63-40-50(41-64-61)42-65-62(74)80-51-24-21-49(22-25-51)23-26-52(78-43-69)37-58(76-8)48(6)36-47(5)55(71)39-54(70)46(4)35-44(2)17-12-10-13-18-45(3)57(75-7)38-53-19-16-20-56(79-53)59(72)60(73)67-27-14-11-15-28-67/h10,12-13,17-18,36,40-41,43-44,46,48-49,51-53,55-58,71H,9,11,14-16,19-35,37-39,42H2,1-8H3,(H,65,74)/b13-10+,17-12+,45-18+,47-36+/t44-,46-,48-,49?,51?,52-,53?,55+,56?,57+,58-/m1/s1. The number of anilines is 1. The SMILES string of the molecule is CCOCCN1CCN(c2ncc(CNC(=O)OC3CCC(CC[C@H](C[C@@H](OC)[C@H](C)/C=C(\C)[C@@H](O)CC(=O)[C@H](C)C[C@H](C)/C=C/C=C/C=C(\C)[C@H](CC4CCCC(C(=O)C(=O)N5CCCCC5)O4)OC)OC=O)CC3)cn2)CC1. The van der Waals surface area contributed by atoms with E-state index in [1.54, 1.807) is 31.5 Å². The van der Waals surface area contributed by atoms with Gasteiger partial charge in [-0.3, -0.25) is 24.1 Å². The van der Waals surface area contributed by atoms with Crippen LogP contribution in [-0.2, 0) is 54.1 Å². The second-order valence-corrected chi connectivity index (χ2v) is 22.9. The highest BCUT2D eigenvalue weighted by atomic mass is 16.6. The van der Waals surface area contributed by atoms with Gasteiger partial charge >= 0.3 is 6.09 Å². The molecule has 4 fully saturated rings. The molecular formula is C62H98N6O12. The average Bonchev–Trinajstić information content (AvgIpc) is 3.48. The van der Waals surface area contributed by atoms with Gasteiger partial charge in [0.1, 0.15) is 24.1 Å². The Morgan fingerprint density at radius 3 is 2.26 bits per heavy atom. The van der Waals surface area contributed by atoms with E-state index in [-0.39, 0.29) is 67.0 Å². The van der Waals surface area contributed by atoms with E-state index in [1.807, 2.05) is 65.0 Å². The van der Waals surface area contributed by atoms with Crippen molar-refractivity contribution in [2.75, 3.05) is 78.1 Å². The number of alkyl carbamates (subject to hydrolysis) is 1. The number of aliphatic hydroxyl groups is 1. The number of amides is 2. The maximum Gasteiger partial charge on any atom is 0.407 e. The first-order valence-corrected chi connectivity index (χ1v) is 29.9. The van der Waals surface area contributed by atoms with Crippen LogP contribution >= 0.6 is 0 Å². The molecule has 3 aliphatic heterocycles. The number of rotatable bonds is 33. The summed E-state index contributed by atoms with van der Waals surface area (Å²) in [5, 5.41) is 14.0. The Labute approximate surface area is 477 Å². The number of piperazine rings is 1. The van der Waals surface area contributed by atoms with Crippen LogP contribution in [0.1, 0.15) is 150 Å². The number of hydrogen-bond acceptors (Lipinski definition) is 16. The van der Waals surface area contributed by atoms with Crippen molar-refractivity contribution in [3.8, 4) is 0 Å². The molecule has 448 valence electrons. The normalized spacial score (nSPS) is 23.5. The second-order valence-electron chi connectivity index (χ2n) is 22.9. The number of nitrogens with one attached hydrogen (secondary N) is 1. The number of ether oxygens (including phenoxy) is 6. The summed E-state index contributed by atoms with van der Waals surface area (Å²) in [7, 11) is 3.31. The van der Waals surface area contributed by atoms with Gasteiger partial charge in [0.15, 0.2) is 0 Å². The largest absolute Gasteiger partial charge is 0.464 e. The van der Waals surface area contributed by atoms with E-state index >= 15 is 0 Å². The molecule has 1 aromatic rings. The Balaban J connectivity index is 0.957. The molecule has 0 radical (unpaired) electrons. The van der Waals surface area contributed by atoms with Gasteiger partial charge in [-0.1, -0.05) is 57.2 Å². The summed E-state index contributed by atoms with van der Waals surface area (Å²) in [5.41, 5.74) is 2.52. The molecule has 4 heterocycles. The van der Waals surface area contributed by atoms with Crippen LogP contribution in [0, 0.1) is 23.7 Å². The van der Waals surface area contributed by atoms with Crippen molar-refractivity contribution in [1.82, 2.24) is 25.1 Å². The average molecular weight is 1120 g/mol. The molecular weight excluding hydrogens is 1020 g/mol. The number of Topliss-reactive ketones (excluding diaryl/α,β-unsaturated/α-hetero) is 2. The number of allylic oxidation sites excluding steroid dienone is 5. The first-order valence-electron chi connectivity index (χ1n) is 29.9. The molecule has 18 heteroatoms. The maximum atomic E-state index is 13.3. The molecule has 2 unspecified atom stereocenters. The monoisotopic (exact) mass is 1120 g/mol. The van der Waals surface area contributed by atoms with E-state index in [0.717, 1.165) is 121 Å². The minimum atomic E-state index is -0.931. The summed E-state index contributed by atoms with van der Waals surface area (Å²) in [6, 6.07) is 0. The number of carbonyl (C=O) groups is 5. The minimum absolute atomic E-state index is 0.00182. The molecule has 1 aliphatic carbocycles. The van der Waals surface area contributed by atoms with Crippen molar-refractivity contribution in [3.63, 3.8) is 0 Å². The smallest absolute Gasteiger partial charge is 0.407 e. The summed E-state index contributed by atoms with van der Waals surface area (Å²) in [6.07, 6.45) is 24.0. The van der Waals surface area contributed by atoms with Crippen LogP contribution < -0.4 is 10.2 Å². The van der Waals surface area contributed by atoms with E-state index < -0.39 is 30.0 Å². The molecule has 0 bridgehead atoms. The third kappa shape index (κ3) is 22.8. The Hall–Kier alpha value is -4.85. The van der Waals surface area contributed by atoms with Gasteiger partial charge in [0.2, 0.25) is 11.7 Å². The number of aromatic nitrogens is 2. The fraction of sp³-hybridized carbons (Fsp3) is 0.726. The van der Waals surface area contributed by atoms with Crippen LogP contribution in [0.2, 0.25) is 0 Å². The lowest BCUT2D eigenvalue weighted by Crippen LogP contribution is -2.47. The number of piperidine rings is 1. The zero-order valence-electron chi connectivity index (χ0n) is 49.6. The number of hydrogen-bond donors (Lipinski definition) is 2. The molecule has 2 amide bonds. The highest BCUT2D eigenvalue weighted by Crippen LogP contribution is 2.32. The Morgan fingerprint density at radius 1 is 0.863 bits per heavy atom. The van der Waals surface area contributed by atoms with E-state index in [1.165, 1.54) is 0 Å². The van der Waals surface area contributed by atoms with Crippen LogP contribution in [0.5, 0.6) is 0 Å². The van der Waals surface area contributed by atoms with Gasteiger partial charge in [0, 0.05) is 122 Å². The molecule has 80 heavy (non-hydrogen) atoms. The van der Waals surface area contributed by atoms with Crippen LogP contribution in [0.15, 0.2) is 60.0 Å². The Bertz CT molecular complexity index is 2150. The summed E-state index contributed by atoms with van der Waals surface area (Å²) in [4.78, 5) is 78.9. The van der Waals surface area contributed by atoms with Crippen LogP contribution in [0.4, 0.5) is 10.7 Å². The number of likely N-dealkylation sites (tertiary alicyclic amines) is 1. The predicted octanol–water partition coefficient (Wildman–Crippen LogP) is 8.69. The number of nitrogens with zero attached hydrogens (tertiary/aromatic N) is 5. The topological polar surface area (TPSA) is 208 Å². The van der Waals surface area contributed by atoms with E-state index in [4.69, 9.17) is 28.4 Å². The van der Waals surface area contributed by atoms with E-state index in [0.29, 0.717) is 69.1 Å². The highest BCUT2D eigenvalue weighted by molar-refractivity contribution is 6.37. The van der Waals surface area contributed by atoms with Gasteiger partial charge in [-0.25, -0.2) is 14.8 Å². The fourth-order valence-corrected chi connectivity index (χ4v) is 11.5. The van der Waals surface area contributed by atoms with Gasteiger partial charge < -0.3 is 48.6 Å². The van der Waals surface area contributed by atoms with Gasteiger partial charge in [0.25, 0.3) is 12.4 Å². The third-order valence-electron chi connectivity index (χ3n) is 16.6. The molecule has 3 saturated heterocycles. The molecule has 0 aromatic carbocycles. The van der Waals surface area contributed by atoms with E-state index in [2.05, 4.69) is 38.1 Å². The van der Waals surface area contributed by atoms with Crippen LogP contribution in [-0.4, -0.2) is 171 Å². The van der Waals surface area contributed by atoms with Crippen molar-refractivity contribution in [1.29, 1.82) is 0 Å². The molecule has 1 saturated carbocycles. The number of ketones is 2. The van der Waals surface area contributed by atoms with Crippen molar-refractivity contribution < 1.29 is 57.5 Å². The first-order chi connectivity index (χ1) is 38.6.